The highest BCUT2D eigenvalue weighted by molar-refractivity contribution is 6.46. The van der Waals surface area contributed by atoms with Gasteiger partial charge < -0.3 is 24.7 Å². The maximum Gasteiger partial charge on any atom is 0.295 e. The Morgan fingerprint density at radius 1 is 1.06 bits per heavy atom. The summed E-state index contributed by atoms with van der Waals surface area (Å²) >= 11 is 0. The van der Waals surface area contributed by atoms with E-state index in [1.54, 1.807) is 24.3 Å². The van der Waals surface area contributed by atoms with Crippen LogP contribution in [0.1, 0.15) is 49.9 Å². The van der Waals surface area contributed by atoms with Crippen molar-refractivity contribution >= 4 is 17.4 Å². The van der Waals surface area contributed by atoms with E-state index in [1.165, 1.54) is 11.0 Å². The smallest absolute Gasteiger partial charge is 0.295 e. The van der Waals surface area contributed by atoms with Crippen molar-refractivity contribution in [2.24, 2.45) is 0 Å². The first kappa shape index (κ1) is 25.3. The Kier molecular flexibility index (Phi) is 8.34. The van der Waals surface area contributed by atoms with E-state index in [0.29, 0.717) is 30.9 Å². The Bertz CT molecular complexity index is 1060. The van der Waals surface area contributed by atoms with Crippen LogP contribution in [-0.4, -0.2) is 64.5 Å². The van der Waals surface area contributed by atoms with Gasteiger partial charge in [0.25, 0.3) is 11.7 Å². The lowest BCUT2D eigenvalue weighted by molar-refractivity contribution is -0.140. The topological polar surface area (TPSA) is 90.3 Å². The Labute approximate surface area is 201 Å². The largest absolute Gasteiger partial charge is 0.507 e. The third kappa shape index (κ3) is 5.25. The molecule has 1 aliphatic rings. The molecule has 1 unspecified atom stereocenters. The molecule has 3 rings (SSSR count). The second kappa shape index (κ2) is 11.2. The molecule has 1 fully saturated rings. The van der Waals surface area contributed by atoms with Crippen molar-refractivity contribution in [1.29, 1.82) is 0 Å². The second-order valence-electron chi connectivity index (χ2n) is 8.40. The van der Waals surface area contributed by atoms with Crippen molar-refractivity contribution in [2.45, 2.75) is 40.2 Å². The SMILES string of the molecule is CCOc1ccc(C2C(=C(O)c3cc(C)ccc3O)C(=O)C(=O)N2CCCN(CC)CC)cc1. The number of benzene rings is 2. The molecule has 0 radical (unpaired) electrons. The zero-order valence-corrected chi connectivity index (χ0v) is 20.4. The number of likely N-dealkylation sites (tertiary alicyclic amines) is 1. The number of hydrogen-bond donors (Lipinski definition) is 2. The van der Waals surface area contributed by atoms with Crippen molar-refractivity contribution in [2.75, 3.05) is 32.8 Å². The lowest BCUT2D eigenvalue weighted by Crippen LogP contribution is -2.33. The Hall–Kier alpha value is -3.32. The molecule has 0 saturated carbocycles. The number of aromatic hydroxyl groups is 1. The molecular formula is C27H34N2O5. The molecule has 182 valence electrons. The molecule has 2 N–H and O–H groups in total. The zero-order chi connectivity index (χ0) is 24.8. The normalized spacial score (nSPS) is 17.6. The van der Waals surface area contributed by atoms with Gasteiger partial charge in [-0.05, 0) is 69.7 Å². The highest BCUT2D eigenvalue weighted by Crippen LogP contribution is 2.41. The first-order valence-corrected chi connectivity index (χ1v) is 11.9. The molecule has 1 aliphatic heterocycles. The summed E-state index contributed by atoms with van der Waals surface area (Å²) in [6, 6.07) is 11.2. The summed E-state index contributed by atoms with van der Waals surface area (Å²) in [5, 5.41) is 21.5. The van der Waals surface area contributed by atoms with E-state index in [2.05, 4.69) is 18.7 Å². The number of nitrogens with zero attached hydrogens (tertiary/aromatic N) is 2. The van der Waals surface area contributed by atoms with E-state index in [9.17, 15) is 19.8 Å². The van der Waals surface area contributed by atoms with Crippen LogP contribution in [-0.2, 0) is 9.59 Å². The molecule has 1 heterocycles. The summed E-state index contributed by atoms with van der Waals surface area (Å²) in [5.41, 5.74) is 1.62. The van der Waals surface area contributed by atoms with Crippen molar-refractivity contribution in [1.82, 2.24) is 9.80 Å². The summed E-state index contributed by atoms with van der Waals surface area (Å²) in [7, 11) is 0. The molecule has 0 spiro atoms. The van der Waals surface area contributed by atoms with Crippen molar-refractivity contribution in [3.8, 4) is 11.5 Å². The number of phenols is 1. The van der Waals surface area contributed by atoms with Crippen LogP contribution in [0, 0.1) is 6.92 Å². The number of phenolic OH excluding ortho intramolecular Hbond substituents is 1. The second-order valence-corrected chi connectivity index (χ2v) is 8.40. The third-order valence-electron chi connectivity index (χ3n) is 6.22. The fourth-order valence-electron chi connectivity index (χ4n) is 4.36. The molecule has 0 aliphatic carbocycles. The molecular weight excluding hydrogens is 432 g/mol. The average Bonchev–Trinajstić information content (AvgIpc) is 3.08. The van der Waals surface area contributed by atoms with Crippen LogP contribution in [0.4, 0.5) is 0 Å². The number of hydrogen-bond acceptors (Lipinski definition) is 6. The van der Waals surface area contributed by atoms with E-state index in [0.717, 1.165) is 25.2 Å². The van der Waals surface area contributed by atoms with Crippen LogP contribution in [0.2, 0.25) is 0 Å². The summed E-state index contributed by atoms with van der Waals surface area (Å²) in [6.45, 7) is 11.4. The number of aliphatic hydroxyl groups excluding tert-OH is 1. The van der Waals surface area contributed by atoms with Gasteiger partial charge in [-0.1, -0.05) is 37.6 Å². The monoisotopic (exact) mass is 466 g/mol. The van der Waals surface area contributed by atoms with Crippen LogP contribution in [0.25, 0.3) is 5.76 Å². The molecule has 7 heteroatoms. The van der Waals surface area contributed by atoms with Gasteiger partial charge in [0.05, 0.1) is 23.8 Å². The van der Waals surface area contributed by atoms with Gasteiger partial charge in [-0.25, -0.2) is 0 Å². The van der Waals surface area contributed by atoms with E-state index in [4.69, 9.17) is 4.74 Å². The van der Waals surface area contributed by atoms with Crippen LogP contribution < -0.4 is 4.74 Å². The van der Waals surface area contributed by atoms with Crippen molar-refractivity contribution in [3.05, 3.63) is 64.7 Å². The number of Topliss-reactive ketones (excluding diaryl/α,β-unsaturated/α-hetero) is 1. The minimum absolute atomic E-state index is 0.0158. The van der Waals surface area contributed by atoms with Crippen LogP contribution in [0.3, 0.4) is 0 Å². The van der Waals surface area contributed by atoms with Crippen molar-refractivity contribution < 1.29 is 24.5 Å². The highest BCUT2D eigenvalue weighted by atomic mass is 16.5. The summed E-state index contributed by atoms with van der Waals surface area (Å²) < 4.78 is 5.53. The van der Waals surface area contributed by atoms with Crippen LogP contribution in [0.5, 0.6) is 11.5 Å². The number of amides is 1. The van der Waals surface area contributed by atoms with E-state index in [1.807, 2.05) is 26.0 Å². The van der Waals surface area contributed by atoms with Gasteiger partial charge in [-0.15, -0.1) is 0 Å². The number of carbonyl (C=O) groups excluding carboxylic acids is 2. The molecule has 1 amide bonds. The zero-order valence-electron chi connectivity index (χ0n) is 20.4. The number of aryl methyl sites for hydroxylation is 1. The van der Waals surface area contributed by atoms with Gasteiger partial charge >= 0.3 is 0 Å². The van der Waals surface area contributed by atoms with Gasteiger partial charge in [0.15, 0.2) is 0 Å². The van der Waals surface area contributed by atoms with Gasteiger partial charge in [-0.3, -0.25) is 9.59 Å². The lowest BCUT2D eigenvalue weighted by Gasteiger charge is -2.27. The molecule has 2 aromatic carbocycles. The standard InChI is InChI=1S/C27H34N2O5/c1-5-28(6-2)15-8-16-29-24(19-10-12-20(13-11-19)34-7-3)23(26(32)27(29)33)25(31)21-17-18(4)9-14-22(21)30/h9-14,17,24,30-31H,5-8,15-16H2,1-4H3. The predicted molar refractivity (Wildman–Crippen MR) is 132 cm³/mol. The Balaban J connectivity index is 2.06. The molecule has 34 heavy (non-hydrogen) atoms. The molecule has 2 aromatic rings. The predicted octanol–water partition coefficient (Wildman–Crippen LogP) is 4.25. The third-order valence-corrected chi connectivity index (χ3v) is 6.22. The van der Waals surface area contributed by atoms with Gasteiger partial charge in [0.2, 0.25) is 0 Å². The highest BCUT2D eigenvalue weighted by Gasteiger charge is 2.46. The molecule has 0 aromatic heterocycles. The van der Waals surface area contributed by atoms with E-state index in [-0.39, 0.29) is 22.6 Å². The van der Waals surface area contributed by atoms with E-state index < -0.39 is 17.7 Å². The van der Waals surface area contributed by atoms with Gasteiger partial charge in [-0.2, -0.15) is 0 Å². The Morgan fingerprint density at radius 3 is 2.35 bits per heavy atom. The number of carbonyl (C=O) groups is 2. The number of ether oxygens (including phenoxy) is 1. The average molecular weight is 467 g/mol. The summed E-state index contributed by atoms with van der Waals surface area (Å²) in [6.07, 6.45) is 0.692. The number of aliphatic hydroxyl groups is 1. The fourth-order valence-corrected chi connectivity index (χ4v) is 4.36. The maximum absolute atomic E-state index is 13.2. The maximum atomic E-state index is 13.2. The Morgan fingerprint density at radius 2 is 1.74 bits per heavy atom. The van der Waals surface area contributed by atoms with E-state index >= 15 is 0 Å². The van der Waals surface area contributed by atoms with Crippen LogP contribution in [0.15, 0.2) is 48.0 Å². The lowest BCUT2D eigenvalue weighted by atomic mass is 9.94. The summed E-state index contributed by atoms with van der Waals surface area (Å²) in [4.78, 5) is 30.0. The summed E-state index contributed by atoms with van der Waals surface area (Å²) in [5.74, 6) is -1.24. The molecule has 7 nitrogen and oxygen atoms in total. The van der Waals surface area contributed by atoms with Crippen LogP contribution >= 0.6 is 0 Å². The first-order valence-electron chi connectivity index (χ1n) is 11.9. The first-order chi connectivity index (χ1) is 16.3. The minimum Gasteiger partial charge on any atom is -0.507 e. The number of ketones is 1. The molecule has 0 bridgehead atoms. The molecule has 1 saturated heterocycles. The minimum atomic E-state index is -0.757. The van der Waals surface area contributed by atoms with Gasteiger partial charge in [0, 0.05) is 6.54 Å². The molecule has 1 atom stereocenters. The fraction of sp³-hybridized carbons (Fsp3) is 0.407. The number of rotatable bonds is 10. The van der Waals surface area contributed by atoms with Gasteiger partial charge in [0.1, 0.15) is 17.3 Å². The van der Waals surface area contributed by atoms with Crippen molar-refractivity contribution in [3.63, 3.8) is 0 Å². The quantitative estimate of drug-likeness (QED) is 0.309.